The predicted molar refractivity (Wildman–Crippen MR) is 63.1 cm³/mol. The van der Waals surface area contributed by atoms with Gasteiger partial charge in [0.1, 0.15) is 5.75 Å². The first kappa shape index (κ1) is 12.8. The number of rotatable bonds is 5. The molecule has 0 aromatic heterocycles. The molecule has 16 heavy (non-hydrogen) atoms. The van der Waals surface area contributed by atoms with Crippen molar-refractivity contribution in [1.29, 1.82) is 0 Å². The summed E-state index contributed by atoms with van der Waals surface area (Å²) in [5.74, 6) is 0.379. The third kappa shape index (κ3) is 3.10. The zero-order chi connectivity index (χ0) is 12.1. The third-order valence-corrected chi connectivity index (χ3v) is 2.64. The minimum absolute atomic E-state index is 0.00893. The Bertz CT molecular complexity index is 377. The molecule has 88 valence electrons. The van der Waals surface area contributed by atoms with Gasteiger partial charge in [-0.1, -0.05) is 25.4 Å². The highest BCUT2D eigenvalue weighted by Crippen LogP contribution is 2.30. The van der Waals surface area contributed by atoms with Gasteiger partial charge in [0, 0.05) is 6.07 Å². The molecule has 0 saturated heterocycles. The van der Waals surface area contributed by atoms with Crippen LogP contribution in [0.2, 0.25) is 5.02 Å². The van der Waals surface area contributed by atoms with E-state index in [-0.39, 0.29) is 11.8 Å². The van der Waals surface area contributed by atoms with Crippen molar-refractivity contribution in [2.24, 2.45) is 0 Å². The van der Waals surface area contributed by atoms with Gasteiger partial charge in [0.2, 0.25) is 0 Å². The molecule has 0 saturated carbocycles. The maximum absolute atomic E-state index is 10.6. The van der Waals surface area contributed by atoms with Crippen LogP contribution in [0.15, 0.2) is 18.2 Å². The molecule has 1 aromatic rings. The van der Waals surface area contributed by atoms with E-state index >= 15 is 0 Å². The van der Waals surface area contributed by atoms with Gasteiger partial charge in [0.15, 0.2) is 0 Å². The molecule has 0 amide bonds. The summed E-state index contributed by atoms with van der Waals surface area (Å²) in [5, 5.41) is 11.0. The molecule has 0 unspecified atom stereocenters. The molecule has 0 aliphatic heterocycles. The van der Waals surface area contributed by atoms with Crippen LogP contribution in [0.4, 0.5) is 5.69 Å². The van der Waals surface area contributed by atoms with Crippen molar-refractivity contribution in [3.05, 3.63) is 33.3 Å². The van der Waals surface area contributed by atoms with Crippen LogP contribution in [-0.4, -0.2) is 11.0 Å². The lowest BCUT2D eigenvalue weighted by atomic mass is 10.2. The molecule has 0 spiro atoms. The summed E-state index contributed by atoms with van der Waals surface area (Å²) in [4.78, 5) is 10.1. The summed E-state index contributed by atoms with van der Waals surface area (Å²) < 4.78 is 5.60. The van der Waals surface area contributed by atoms with Crippen molar-refractivity contribution in [3.63, 3.8) is 0 Å². The molecule has 0 heterocycles. The van der Waals surface area contributed by atoms with E-state index in [1.165, 1.54) is 18.2 Å². The SMILES string of the molecule is CCC(CC)Oc1cc([N+](=O)[O-])ccc1Cl. The highest BCUT2D eigenvalue weighted by molar-refractivity contribution is 6.32. The van der Waals surface area contributed by atoms with Crippen molar-refractivity contribution in [2.45, 2.75) is 32.8 Å². The standard InChI is InChI=1S/C11H14ClNO3/c1-3-9(4-2)16-11-7-8(13(14)15)5-6-10(11)12/h5-7,9H,3-4H2,1-2H3. The topological polar surface area (TPSA) is 52.4 Å². The zero-order valence-corrected chi connectivity index (χ0v) is 10.0. The Balaban J connectivity index is 2.93. The highest BCUT2D eigenvalue weighted by atomic mass is 35.5. The Morgan fingerprint density at radius 1 is 1.44 bits per heavy atom. The van der Waals surface area contributed by atoms with Crippen molar-refractivity contribution in [2.75, 3.05) is 0 Å². The first-order valence-corrected chi connectivity index (χ1v) is 5.56. The second-order valence-corrected chi connectivity index (χ2v) is 3.84. The molecule has 4 nitrogen and oxygen atoms in total. The van der Waals surface area contributed by atoms with Crippen LogP contribution >= 0.6 is 11.6 Å². The average molecular weight is 244 g/mol. The predicted octanol–water partition coefficient (Wildman–Crippen LogP) is 3.82. The number of nitro groups is 1. The van der Waals surface area contributed by atoms with E-state index in [9.17, 15) is 10.1 Å². The van der Waals surface area contributed by atoms with Gasteiger partial charge in [0.05, 0.1) is 22.1 Å². The van der Waals surface area contributed by atoms with E-state index in [1.54, 1.807) is 0 Å². The number of hydrogen-bond acceptors (Lipinski definition) is 3. The van der Waals surface area contributed by atoms with E-state index in [2.05, 4.69) is 0 Å². The largest absolute Gasteiger partial charge is 0.489 e. The van der Waals surface area contributed by atoms with E-state index in [1.807, 2.05) is 13.8 Å². The number of halogens is 1. The second-order valence-electron chi connectivity index (χ2n) is 3.43. The lowest BCUT2D eigenvalue weighted by Crippen LogP contribution is -2.13. The molecule has 0 N–H and O–H groups in total. The molecule has 0 atom stereocenters. The molecule has 0 radical (unpaired) electrons. The van der Waals surface area contributed by atoms with Gasteiger partial charge in [-0.15, -0.1) is 0 Å². The van der Waals surface area contributed by atoms with E-state index in [0.717, 1.165) is 12.8 Å². The molecule has 0 aliphatic rings. The molecule has 0 fully saturated rings. The molecule has 5 heteroatoms. The summed E-state index contributed by atoms with van der Waals surface area (Å²) in [6.45, 7) is 4.00. The molecule has 0 bridgehead atoms. The number of ether oxygens (including phenoxy) is 1. The van der Waals surface area contributed by atoms with Crippen LogP contribution in [0.25, 0.3) is 0 Å². The maximum Gasteiger partial charge on any atom is 0.273 e. The average Bonchev–Trinajstić information content (AvgIpc) is 2.27. The number of non-ortho nitro benzene ring substituents is 1. The normalized spacial score (nSPS) is 10.5. The molecular weight excluding hydrogens is 230 g/mol. The van der Waals surface area contributed by atoms with E-state index < -0.39 is 4.92 Å². The number of benzene rings is 1. The Morgan fingerprint density at radius 3 is 2.56 bits per heavy atom. The maximum atomic E-state index is 10.6. The lowest BCUT2D eigenvalue weighted by Gasteiger charge is -2.16. The van der Waals surface area contributed by atoms with Crippen LogP contribution in [0.5, 0.6) is 5.75 Å². The Morgan fingerprint density at radius 2 is 2.06 bits per heavy atom. The number of nitrogens with zero attached hydrogens (tertiary/aromatic N) is 1. The fourth-order valence-electron chi connectivity index (χ4n) is 1.33. The van der Waals surface area contributed by atoms with Crippen LogP contribution in [0.3, 0.4) is 0 Å². The molecule has 0 aliphatic carbocycles. The summed E-state index contributed by atoms with van der Waals surface area (Å²) in [6, 6.07) is 4.21. The molecule has 1 aromatic carbocycles. The van der Waals surface area contributed by atoms with Gasteiger partial charge in [-0.05, 0) is 18.9 Å². The fraction of sp³-hybridized carbons (Fsp3) is 0.455. The Labute approximate surface area is 99.3 Å². The lowest BCUT2D eigenvalue weighted by molar-refractivity contribution is -0.384. The van der Waals surface area contributed by atoms with Crippen molar-refractivity contribution in [1.82, 2.24) is 0 Å². The van der Waals surface area contributed by atoms with Gasteiger partial charge in [-0.3, -0.25) is 10.1 Å². The third-order valence-electron chi connectivity index (χ3n) is 2.33. The summed E-state index contributed by atoms with van der Waals surface area (Å²) in [5.41, 5.74) is -0.00893. The van der Waals surface area contributed by atoms with Crippen LogP contribution < -0.4 is 4.74 Å². The Hall–Kier alpha value is -1.29. The second kappa shape index (κ2) is 5.70. The first-order valence-electron chi connectivity index (χ1n) is 5.19. The van der Waals surface area contributed by atoms with Crippen LogP contribution in [0, 0.1) is 10.1 Å². The van der Waals surface area contributed by atoms with Crippen molar-refractivity contribution >= 4 is 17.3 Å². The summed E-state index contributed by atoms with van der Waals surface area (Å²) >= 11 is 5.91. The monoisotopic (exact) mass is 243 g/mol. The Kier molecular flexibility index (Phi) is 4.55. The summed E-state index contributed by atoms with van der Waals surface area (Å²) in [7, 11) is 0. The number of hydrogen-bond donors (Lipinski definition) is 0. The van der Waals surface area contributed by atoms with Gasteiger partial charge in [-0.25, -0.2) is 0 Å². The van der Waals surface area contributed by atoms with Gasteiger partial charge < -0.3 is 4.74 Å². The van der Waals surface area contributed by atoms with Crippen LogP contribution in [0.1, 0.15) is 26.7 Å². The highest BCUT2D eigenvalue weighted by Gasteiger charge is 2.13. The van der Waals surface area contributed by atoms with Gasteiger partial charge in [-0.2, -0.15) is 0 Å². The smallest absolute Gasteiger partial charge is 0.273 e. The molecule has 1 rings (SSSR count). The molecular formula is C11H14ClNO3. The van der Waals surface area contributed by atoms with E-state index in [4.69, 9.17) is 16.3 Å². The van der Waals surface area contributed by atoms with Gasteiger partial charge >= 0.3 is 0 Å². The van der Waals surface area contributed by atoms with Gasteiger partial charge in [0.25, 0.3) is 5.69 Å². The van der Waals surface area contributed by atoms with Crippen molar-refractivity contribution in [3.8, 4) is 5.75 Å². The van der Waals surface area contributed by atoms with Crippen molar-refractivity contribution < 1.29 is 9.66 Å². The minimum Gasteiger partial charge on any atom is -0.489 e. The first-order chi connectivity index (χ1) is 7.58. The fourth-order valence-corrected chi connectivity index (χ4v) is 1.49. The quantitative estimate of drug-likeness (QED) is 0.584. The summed E-state index contributed by atoms with van der Waals surface area (Å²) in [6.07, 6.45) is 1.73. The van der Waals surface area contributed by atoms with Crippen LogP contribution in [-0.2, 0) is 0 Å². The van der Waals surface area contributed by atoms with E-state index in [0.29, 0.717) is 10.8 Å². The minimum atomic E-state index is -0.462. The number of nitro benzene ring substituents is 1. The zero-order valence-electron chi connectivity index (χ0n) is 9.27.